The number of halogens is 1. The van der Waals surface area contributed by atoms with Crippen molar-refractivity contribution in [1.82, 2.24) is 4.90 Å². The first kappa shape index (κ1) is 9.53. The monoisotopic (exact) mass is 230 g/mol. The fraction of sp³-hybridized carbons (Fsp3) is 0.750. The van der Waals surface area contributed by atoms with E-state index in [9.17, 15) is 4.79 Å². The Labute approximate surface area is 80.5 Å². The Morgan fingerprint density at radius 1 is 1.42 bits per heavy atom. The summed E-state index contributed by atoms with van der Waals surface area (Å²) in [5.74, 6) is -0.0859. The third-order valence-corrected chi connectivity index (χ3v) is 2.59. The molecule has 66 valence electrons. The van der Waals surface area contributed by atoms with Crippen molar-refractivity contribution in [2.45, 2.75) is 24.1 Å². The van der Waals surface area contributed by atoms with E-state index in [2.05, 4.69) is 15.9 Å². The molecule has 1 aliphatic rings. The van der Waals surface area contributed by atoms with E-state index in [4.69, 9.17) is 5.26 Å². The number of nitriles is 1. The predicted molar refractivity (Wildman–Crippen MR) is 48.8 cm³/mol. The maximum Gasteiger partial charge on any atom is 0.250 e. The lowest BCUT2D eigenvalue weighted by molar-refractivity contribution is -0.130. The average molecular weight is 231 g/mol. The van der Waals surface area contributed by atoms with Crippen molar-refractivity contribution >= 4 is 21.8 Å². The normalized spacial score (nSPS) is 19.8. The molecule has 12 heavy (non-hydrogen) atoms. The molecule has 0 bridgehead atoms. The molecular formula is C8H11BrN2O. The number of hydrogen-bond acceptors (Lipinski definition) is 2. The van der Waals surface area contributed by atoms with Gasteiger partial charge >= 0.3 is 0 Å². The van der Waals surface area contributed by atoms with E-state index in [-0.39, 0.29) is 5.91 Å². The van der Waals surface area contributed by atoms with Gasteiger partial charge in [0, 0.05) is 13.1 Å². The molecule has 0 aliphatic carbocycles. The van der Waals surface area contributed by atoms with Gasteiger partial charge in [-0.1, -0.05) is 15.9 Å². The smallest absolute Gasteiger partial charge is 0.250 e. The summed E-state index contributed by atoms with van der Waals surface area (Å²) in [5, 5.41) is 8.49. The number of rotatable bonds is 1. The highest BCUT2D eigenvalue weighted by Crippen LogP contribution is 2.12. The minimum absolute atomic E-state index is 0.0859. The summed E-state index contributed by atoms with van der Waals surface area (Å²) in [6.07, 6.45) is 3.33. The molecule has 3 nitrogen and oxygen atoms in total. The minimum atomic E-state index is -0.657. The van der Waals surface area contributed by atoms with Crippen molar-refractivity contribution in [3.63, 3.8) is 0 Å². The molecule has 1 atom stereocenters. The fourth-order valence-corrected chi connectivity index (χ4v) is 1.62. The summed E-state index contributed by atoms with van der Waals surface area (Å²) >= 11 is 3.03. The van der Waals surface area contributed by atoms with Gasteiger partial charge in [-0.05, 0) is 19.3 Å². The van der Waals surface area contributed by atoms with Crippen LogP contribution < -0.4 is 0 Å². The summed E-state index contributed by atoms with van der Waals surface area (Å²) in [5.41, 5.74) is 0. The van der Waals surface area contributed by atoms with Crippen LogP contribution in [0.15, 0.2) is 0 Å². The Morgan fingerprint density at radius 2 is 2.00 bits per heavy atom. The Kier molecular flexibility index (Phi) is 3.54. The van der Waals surface area contributed by atoms with Gasteiger partial charge in [0.1, 0.15) is 0 Å². The van der Waals surface area contributed by atoms with Gasteiger partial charge in [-0.2, -0.15) is 5.26 Å². The second kappa shape index (κ2) is 4.46. The lowest BCUT2D eigenvalue weighted by Crippen LogP contribution is -2.39. The van der Waals surface area contributed by atoms with E-state index in [0.29, 0.717) is 0 Å². The van der Waals surface area contributed by atoms with Crippen LogP contribution in [0, 0.1) is 11.3 Å². The first-order valence-electron chi connectivity index (χ1n) is 4.08. The van der Waals surface area contributed by atoms with Crippen molar-refractivity contribution in [3.8, 4) is 6.07 Å². The molecule has 1 aliphatic heterocycles. The van der Waals surface area contributed by atoms with Crippen LogP contribution >= 0.6 is 15.9 Å². The van der Waals surface area contributed by atoms with Gasteiger partial charge in [-0.3, -0.25) is 4.79 Å². The highest BCUT2D eigenvalue weighted by Gasteiger charge is 2.22. The van der Waals surface area contributed by atoms with Gasteiger partial charge in [-0.15, -0.1) is 0 Å². The fourth-order valence-electron chi connectivity index (χ4n) is 1.33. The third-order valence-electron chi connectivity index (χ3n) is 2.00. The van der Waals surface area contributed by atoms with E-state index >= 15 is 0 Å². The second-order valence-electron chi connectivity index (χ2n) is 2.88. The number of alkyl halides is 1. The zero-order valence-electron chi connectivity index (χ0n) is 6.79. The molecule has 0 radical (unpaired) electrons. The van der Waals surface area contributed by atoms with Crippen molar-refractivity contribution in [2.75, 3.05) is 13.1 Å². The SMILES string of the molecule is N#CC(Br)C(=O)N1CCCCC1. The van der Waals surface area contributed by atoms with Crippen molar-refractivity contribution in [1.29, 1.82) is 5.26 Å². The first-order chi connectivity index (χ1) is 5.75. The Hall–Kier alpha value is -0.560. The van der Waals surface area contributed by atoms with Gasteiger partial charge in [0.25, 0.3) is 5.91 Å². The summed E-state index contributed by atoms with van der Waals surface area (Å²) < 4.78 is 0. The molecule has 1 fully saturated rings. The van der Waals surface area contributed by atoms with Crippen LogP contribution in [0.3, 0.4) is 0 Å². The lowest BCUT2D eigenvalue weighted by Gasteiger charge is -2.26. The van der Waals surface area contributed by atoms with Gasteiger partial charge < -0.3 is 4.90 Å². The van der Waals surface area contributed by atoms with Crippen LogP contribution in [0.2, 0.25) is 0 Å². The van der Waals surface area contributed by atoms with Gasteiger partial charge in [0.15, 0.2) is 4.83 Å². The highest BCUT2D eigenvalue weighted by atomic mass is 79.9. The first-order valence-corrected chi connectivity index (χ1v) is 5.00. The number of amides is 1. The zero-order valence-corrected chi connectivity index (χ0v) is 8.38. The quantitative estimate of drug-likeness (QED) is 0.638. The molecule has 1 heterocycles. The second-order valence-corrected chi connectivity index (χ2v) is 3.79. The molecule has 0 N–H and O–H groups in total. The highest BCUT2D eigenvalue weighted by molar-refractivity contribution is 9.10. The third kappa shape index (κ3) is 2.21. The van der Waals surface area contributed by atoms with Crippen molar-refractivity contribution in [2.24, 2.45) is 0 Å². The van der Waals surface area contributed by atoms with E-state index in [0.717, 1.165) is 25.9 Å². The number of likely N-dealkylation sites (tertiary alicyclic amines) is 1. The van der Waals surface area contributed by atoms with Gasteiger partial charge in [0.2, 0.25) is 0 Å². The standard InChI is InChI=1S/C8H11BrN2O/c9-7(6-10)8(12)11-4-2-1-3-5-11/h7H,1-5H2. The summed E-state index contributed by atoms with van der Waals surface area (Å²) in [6, 6.07) is 1.89. The number of piperidine rings is 1. The molecule has 0 spiro atoms. The van der Waals surface area contributed by atoms with Crippen LogP contribution in [-0.2, 0) is 4.79 Å². The molecule has 1 rings (SSSR count). The zero-order chi connectivity index (χ0) is 8.97. The van der Waals surface area contributed by atoms with Crippen LogP contribution in [0.25, 0.3) is 0 Å². The van der Waals surface area contributed by atoms with E-state index in [1.54, 1.807) is 4.90 Å². The van der Waals surface area contributed by atoms with Crippen LogP contribution in [0.5, 0.6) is 0 Å². The van der Waals surface area contributed by atoms with Crippen molar-refractivity contribution in [3.05, 3.63) is 0 Å². The minimum Gasteiger partial charge on any atom is -0.341 e. The summed E-state index contributed by atoms with van der Waals surface area (Å²) in [6.45, 7) is 1.62. The molecule has 0 aromatic carbocycles. The molecular weight excluding hydrogens is 220 g/mol. The molecule has 0 aromatic rings. The molecule has 0 aromatic heterocycles. The largest absolute Gasteiger partial charge is 0.341 e. The maximum absolute atomic E-state index is 11.4. The summed E-state index contributed by atoms with van der Waals surface area (Å²) in [4.78, 5) is 12.5. The van der Waals surface area contributed by atoms with Crippen LogP contribution in [0.4, 0.5) is 0 Å². The number of nitrogens with zero attached hydrogens (tertiary/aromatic N) is 2. The van der Waals surface area contributed by atoms with Crippen LogP contribution in [0.1, 0.15) is 19.3 Å². The topological polar surface area (TPSA) is 44.1 Å². The Bertz CT molecular complexity index is 206. The lowest BCUT2D eigenvalue weighted by atomic mass is 10.1. The molecule has 1 amide bonds. The maximum atomic E-state index is 11.4. The van der Waals surface area contributed by atoms with Crippen molar-refractivity contribution < 1.29 is 4.79 Å². The number of hydrogen-bond donors (Lipinski definition) is 0. The Balaban J connectivity index is 2.46. The number of carbonyl (C=O) groups excluding carboxylic acids is 1. The molecule has 4 heteroatoms. The van der Waals surface area contributed by atoms with E-state index in [1.807, 2.05) is 6.07 Å². The van der Waals surface area contributed by atoms with Gasteiger partial charge in [0.05, 0.1) is 6.07 Å². The average Bonchev–Trinajstić information content (AvgIpc) is 2.17. The molecule has 1 unspecified atom stereocenters. The Morgan fingerprint density at radius 3 is 2.50 bits per heavy atom. The van der Waals surface area contributed by atoms with E-state index in [1.165, 1.54) is 6.42 Å². The number of carbonyl (C=O) groups is 1. The molecule has 0 saturated carbocycles. The van der Waals surface area contributed by atoms with Gasteiger partial charge in [-0.25, -0.2) is 0 Å². The van der Waals surface area contributed by atoms with Crippen LogP contribution in [-0.4, -0.2) is 28.7 Å². The molecule has 1 saturated heterocycles. The predicted octanol–water partition coefficient (Wildman–Crippen LogP) is 1.29. The summed E-state index contributed by atoms with van der Waals surface area (Å²) in [7, 11) is 0. The van der Waals surface area contributed by atoms with E-state index < -0.39 is 4.83 Å².